The van der Waals surface area contributed by atoms with Crippen molar-refractivity contribution in [2.24, 2.45) is 0 Å². The predicted molar refractivity (Wildman–Crippen MR) is 71.4 cm³/mol. The molecule has 2 aromatic heterocycles. The number of benzene rings is 1. The summed E-state index contributed by atoms with van der Waals surface area (Å²) in [6.45, 7) is 2.24. The van der Waals surface area contributed by atoms with Gasteiger partial charge in [-0.1, -0.05) is 19.1 Å². The molecule has 1 aromatic carbocycles. The van der Waals surface area contributed by atoms with Crippen LogP contribution in [-0.4, -0.2) is 19.7 Å². The smallest absolute Gasteiger partial charge is 0.293 e. The normalized spacial score (nSPS) is 11.1. The fourth-order valence-electron chi connectivity index (χ4n) is 2.16. The van der Waals surface area contributed by atoms with Crippen molar-refractivity contribution < 1.29 is 9.34 Å². The zero-order chi connectivity index (χ0) is 14.1. The van der Waals surface area contributed by atoms with E-state index in [1.165, 1.54) is 6.07 Å². The van der Waals surface area contributed by atoms with Gasteiger partial charge in [0.05, 0.1) is 4.92 Å². The fourth-order valence-corrected chi connectivity index (χ4v) is 2.16. The number of aromatic nitrogens is 3. The number of fused-ring (bicyclic) bond motifs is 1. The van der Waals surface area contributed by atoms with E-state index in [1.54, 1.807) is 16.8 Å². The molecule has 0 fully saturated rings. The summed E-state index contributed by atoms with van der Waals surface area (Å²) in [5.74, 6) is 1.00. The van der Waals surface area contributed by atoms with Crippen molar-refractivity contribution in [3.8, 4) is 0 Å². The molecule has 0 atom stereocenters. The van der Waals surface area contributed by atoms with E-state index in [9.17, 15) is 10.1 Å². The summed E-state index contributed by atoms with van der Waals surface area (Å²) < 4.78 is 7.19. The van der Waals surface area contributed by atoms with Crippen molar-refractivity contribution >= 4 is 16.6 Å². The van der Waals surface area contributed by atoms with Gasteiger partial charge in [0.1, 0.15) is 12.1 Å². The Morgan fingerprint density at radius 2 is 2.10 bits per heavy atom. The molecule has 0 unspecified atom stereocenters. The van der Waals surface area contributed by atoms with Gasteiger partial charge < -0.3 is 8.98 Å². The number of nitrogens with zero attached hydrogens (tertiary/aromatic N) is 4. The van der Waals surface area contributed by atoms with Gasteiger partial charge in [-0.25, -0.2) is 0 Å². The van der Waals surface area contributed by atoms with Crippen molar-refractivity contribution in [3.63, 3.8) is 0 Å². The Bertz CT molecular complexity index is 775. The van der Waals surface area contributed by atoms with Gasteiger partial charge in [0.2, 0.25) is 11.8 Å². The first-order valence-corrected chi connectivity index (χ1v) is 6.22. The molecular formula is C13H12N4O3. The second-order valence-electron chi connectivity index (χ2n) is 4.36. The summed E-state index contributed by atoms with van der Waals surface area (Å²) >= 11 is 0. The number of rotatable bonds is 4. The third kappa shape index (κ3) is 2.03. The zero-order valence-electron chi connectivity index (χ0n) is 10.8. The van der Waals surface area contributed by atoms with Gasteiger partial charge in [0, 0.05) is 24.1 Å². The molecule has 3 aromatic rings. The van der Waals surface area contributed by atoms with Crippen molar-refractivity contribution in [2.45, 2.75) is 19.9 Å². The van der Waals surface area contributed by atoms with Gasteiger partial charge in [-0.3, -0.25) is 10.1 Å². The Morgan fingerprint density at radius 3 is 2.80 bits per heavy atom. The fraction of sp³-hybridized carbons (Fsp3) is 0.231. The van der Waals surface area contributed by atoms with E-state index >= 15 is 0 Å². The molecule has 0 saturated carbocycles. The van der Waals surface area contributed by atoms with Crippen LogP contribution in [0.3, 0.4) is 0 Å². The van der Waals surface area contributed by atoms with Crippen LogP contribution in [0.15, 0.2) is 34.9 Å². The summed E-state index contributed by atoms with van der Waals surface area (Å²) in [6.07, 6.45) is 2.45. The summed E-state index contributed by atoms with van der Waals surface area (Å²) in [4.78, 5) is 10.7. The van der Waals surface area contributed by atoms with Crippen LogP contribution in [0.5, 0.6) is 0 Å². The first kappa shape index (κ1) is 12.3. The lowest BCUT2D eigenvalue weighted by atomic mass is 10.2. The molecule has 0 spiro atoms. The van der Waals surface area contributed by atoms with Crippen molar-refractivity contribution in [1.82, 2.24) is 14.8 Å². The monoisotopic (exact) mass is 272 g/mol. The number of non-ortho nitro benzene ring substituents is 1. The molecule has 0 bridgehead atoms. The number of hydrogen-bond acceptors (Lipinski definition) is 5. The number of para-hydroxylation sites is 1. The molecule has 7 nitrogen and oxygen atoms in total. The van der Waals surface area contributed by atoms with Crippen LogP contribution in [0.2, 0.25) is 0 Å². The van der Waals surface area contributed by atoms with E-state index in [2.05, 4.69) is 10.2 Å². The highest BCUT2D eigenvalue weighted by molar-refractivity contribution is 5.88. The minimum atomic E-state index is -0.385. The molecule has 2 heterocycles. The third-order valence-electron chi connectivity index (χ3n) is 3.08. The minimum absolute atomic E-state index is 0.0720. The molecule has 0 radical (unpaired) electrons. The molecular weight excluding hydrogens is 260 g/mol. The van der Waals surface area contributed by atoms with E-state index in [1.807, 2.05) is 19.1 Å². The Labute approximate surface area is 114 Å². The molecule has 0 aliphatic carbocycles. The molecule has 0 saturated heterocycles. The van der Waals surface area contributed by atoms with Crippen molar-refractivity contribution in [1.29, 1.82) is 0 Å². The molecule has 20 heavy (non-hydrogen) atoms. The predicted octanol–water partition coefficient (Wildman–Crippen LogP) is 2.54. The second kappa shape index (κ2) is 4.76. The highest BCUT2D eigenvalue weighted by Crippen LogP contribution is 2.26. The Kier molecular flexibility index (Phi) is 2.94. The molecule has 0 aliphatic heterocycles. The lowest BCUT2D eigenvalue weighted by molar-refractivity contribution is -0.383. The van der Waals surface area contributed by atoms with Gasteiger partial charge in [-0.15, -0.1) is 10.2 Å². The van der Waals surface area contributed by atoms with Crippen molar-refractivity contribution in [2.75, 3.05) is 0 Å². The van der Waals surface area contributed by atoms with Crippen LogP contribution in [0.25, 0.3) is 10.9 Å². The number of nitro benzene ring substituents is 1. The molecule has 7 heteroatoms. The van der Waals surface area contributed by atoms with E-state index in [4.69, 9.17) is 4.42 Å². The quantitative estimate of drug-likeness (QED) is 0.538. The van der Waals surface area contributed by atoms with Crippen LogP contribution in [-0.2, 0) is 13.0 Å². The van der Waals surface area contributed by atoms with Gasteiger partial charge in [-0.2, -0.15) is 0 Å². The molecule has 0 N–H and O–H groups in total. The molecule has 0 amide bonds. The lowest BCUT2D eigenvalue weighted by Gasteiger charge is -2.02. The average Bonchev–Trinajstić information content (AvgIpc) is 3.06. The minimum Gasteiger partial charge on any atom is -0.423 e. The first-order valence-electron chi connectivity index (χ1n) is 6.22. The maximum absolute atomic E-state index is 11.1. The topological polar surface area (TPSA) is 87.0 Å². The van der Waals surface area contributed by atoms with Crippen LogP contribution >= 0.6 is 0 Å². The second-order valence-corrected chi connectivity index (χ2v) is 4.36. The van der Waals surface area contributed by atoms with Crippen LogP contribution < -0.4 is 0 Å². The van der Waals surface area contributed by atoms with Crippen LogP contribution in [0.1, 0.15) is 18.7 Å². The third-order valence-corrected chi connectivity index (χ3v) is 3.08. The van der Waals surface area contributed by atoms with Crippen LogP contribution in [0.4, 0.5) is 5.69 Å². The van der Waals surface area contributed by atoms with Gasteiger partial charge in [0.15, 0.2) is 0 Å². The zero-order valence-corrected chi connectivity index (χ0v) is 10.8. The van der Waals surface area contributed by atoms with E-state index in [-0.39, 0.29) is 10.6 Å². The Balaban J connectivity index is 2.05. The van der Waals surface area contributed by atoms with Gasteiger partial charge in [-0.05, 0) is 6.07 Å². The van der Waals surface area contributed by atoms with Crippen molar-refractivity contribution in [3.05, 3.63) is 52.4 Å². The maximum Gasteiger partial charge on any atom is 0.293 e. The average molecular weight is 272 g/mol. The number of hydrogen-bond donors (Lipinski definition) is 0. The van der Waals surface area contributed by atoms with E-state index in [0.717, 1.165) is 5.39 Å². The van der Waals surface area contributed by atoms with Gasteiger partial charge >= 0.3 is 0 Å². The molecule has 3 rings (SSSR count). The lowest BCUT2D eigenvalue weighted by Crippen LogP contribution is -2.00. The summed E-state index contributed by atoms with van der Waals surface area (Å²) in [7, 11) is 0. The highest BCUT2D eigenvalue weighted by Gasteiger charge is 2.16. The van der Waals surface area contributed by atoms with E-state index < -0.39 is 0 Å². The number of aryl methyl sites for hydroxylation is 1. The highest BCUT2D eigenvalue weighted by atomic mass is 16.6. The molecule has 0 aliphatic rings. The Hall–Kier alpha value is -2.70. The summed E-state index contributed by atoms with van der Waals surface area (Å²) in [6, 6.07) is 6.83. The molecule has 102 valence electrons. The standard InChI is InChI=1S/C13H12N4O3/c1-2-11-14-15-12(20-11)8-16-7-6-9-4-3-5-10(13(9)16)17(18)19/h3-7H,2,8H2,1H3. The summed E-state index contributed by atoms with van der Waals surface area (Å²) in [5, 5.41) is 19.7. The summed E-state index contributed by atoms with van der Waals surface area (Å²) in [5.41, 5.74) is 0.636. The van der Waals surface area contributed by atoms with E-state index in [0.29, 0.717) is 30.3 Å². The van der Waals surface area contributed by atoms with Gasteiger partial charge in [0.25, 0.3) is 5.69 Å². The Morgan fingerprint density at radius 1 is 1.30 bits per heavy atom. The maximum atomic E-state index is 11.1. The largest absolute Gasteiger partial charge is 0.423 e. The van der Waals surface area contributed by atoms with Crippen LogP contribution in [0, 0.1) is 10.1 Å². The first-order chi connectivity index (χ1) is 9.69. The number of nitro groups is 1. The SMILES string of the molecule is CCc1nnc(Cn2ccc3cccc([N+](=O)[O-])c32)o1.